The van der Waals surface area contributed by atoms with E-state index in [1.807, 2.05) is 19.1 Å². The van der Waals surface area contributed by atoms with Crippen LogP contribution < -0.4 is 10.4 Å². The first kappa shape index (κ1) is 19.8. The number of rotatable bonds is 5. The lowest BCUT2D eigenvalue weighted by molar-refractivity contribution is -0.0136. The van der Waals surface area contributed by atoms with Crippen LogP contribution in [0.1, 0.15) is 31.0 Å². The largest absolute Gasteiger partial charge is 0.381 e. The Labute approximate surface area is 171 Å². The highest BCUT2D eigenvalue weighted by Gasteiger charge is 2.44. The van der Waals surface area contributed by atoms with Crippen molar-refractivity contribution in [2.45, 2.75) is 38.1 Å². The van der Waals surface area contributed by atoms with Gasteiger partial charge in [0.2, 0.25) is 0 Å². The molecule has 0 spiro atoms. The van der Waals surface area contributed by atoms with Gasteiger partial charge in [-0.2, -0.15) is 5.10 Å². The summed E-state index contributed by atoms with van der Waals surface area (Å²) in [6.07, 6.45) is 2.77. The van der Waals surface area contributed by atoms with Crippen molar-refractivity contribution in [3.05, 3.63) is 76.8 Å². The molecule has 0 aliphatic carbocycles. The minimum Gasteiger partial charge on any atom is -0.381 e. The quantitative estimate of drug-likeness (QED) is 0.661. The zero-order valence-corrected chi connectivity index (χ0v) is 16.6. The number of hydrogen-bond donors (Lipinski definition) is 2. The fourth-order valence-electron chi connectivity index (χ4n) is 3.82. The molecule has 152 valence electrons. The monoisotopic (exact) mass is 419 g/mol. The van der Waals surface area contributed by atoms with Crippen molar-refractivity contribution < 1.29 is 13.9 Å². The Balaban J connectivity index is 1.79. The molecule has 3 atom stereocenters. The Morgan fingerprint density at radius 2 is 2.07 bits per heavy atom. The number of aliphatic hydroxyl groups is 1. The van der Waals surface area contributed by atoms with Gasteiger partial charge in [-0.05, 0) is 43.7 Å². The predicted molar refractivity (Wildman–Crippen MR) is 105 cm³/mol. The van der Waals surface area contributed by atoms with Crippen LogP contribution in [0.15, 0.2) is 49.1 Å². The standard InChI is InChI=1S/C20H20ClF2N5O/c1-12-16-7-14(21)3-6-19(16)28(26-12)13(2)20(29,9-27-11-24-10-25-27)17-5-4-15(22)8-18(17)23/h3-8,10-13,26,29H,9H2,1-2H3/t12?,13-,20-/m1/s1. The van der Waals surface area contributed by atoms with Crippen LogP contribution in [0.25, 0.3) is 0 Å². The number of hydrogen-bond acceptors (Lipinski definition) is 5. The van der Waals surface area contributed by atoms with Crippen LogP contribution in [-0.2, 0) is 12.1 Å². The average molecular weight is 420 g/mol. The van der Waals surface area contributed by atoms with Crippen molar-refractivity contribution in [2.75, 3.05) is 5.01 Å². The smallest absolute Gasteiger partial charge is 0.137 e. The Hall–Kier alpha value is -2.55. The zero-order chi connectivity index (χ0) is 20.8. The number of halogens is 3. The van der Waals surface area contributed by atoms with Gasteiger partial charge in [0.1, 0.15) is 29.9 Å². The number of nitrogens with one attached hydrogen (secondary N) is 1. The third-order valence-corrected chi connectivity index (χ3v) is 5.63. The van der Waals surface area contributed by atoms with Crippen molar-refractivity contribution in [1.82, 2.24) is 20.2 Å². The van der Waals surface area contributed by atoms with Gasteiger partial charge in [-0.15, -0.1) is 0 Å². The molecule has 2 N–H and O–H groups in total. The number of benzene rings is 2. The summed E-state index contributed by atoms with van der Waals surface area (Å²) in [5, 5.41) is 18.2. The van der Waals surface area contributed by atoms with Crippen LogP contribution in [0.3, 0.4) is 0 Å². The molecule has 9 heteroatoms. The van der Waals surface area contributed by atoms with Gasteiger partial charge in [-0.25, -0.2) is 23.9 Å². The summed E-state index contributed by atoms with van der Waals surface area (Å²) < 4.78 is 29.7. The van der Waals surface area contributed by atoms with E-state index < -0.39 is 23.3 Å². The molecule has 1 aliphatic rings. The van der Waals surface area contributed by atoms with Crippen LogP contribution in [-0.4, -0.2) is 25.9 Å². The Kier molecular flexibility index (Phi) is 5.02. The molecule has 0 bridgehead atoms. The molecule has 6 nitrogen and oxygen atoms in total. The molecule has 0 fully saturated rings. The fraction of sp³-hybridized carbons (Fsp3) is 0.300. The molecular formula is C20H20ClF2N5O. The molecule has 1 unspecified atom stereocenters. The van der Waals surface area contributed by atoms with Crippen LogP contribution in [0.4, 0.5) is 14.5 Å². The summed E-state index contributed by atoms with van der Waals surface area (Å²) in [6.45, 7) is 3.66. The first-order valence-corrected chi connectivity index (χ1v) is 9.52. The SMILES string of the molecule is CC1NN([C@H](C)[C@](O)(Cn2cncn2)c2ccc(F)cc2F)c2ccc(Cl)cc21. The second-order valence-electron chi connectivity index (χ2n) is 7.24. The molecule has 4 rings (SSSR count). The normalized spacial score (nSPS) is 19.1. The van der Waals surface area contributed by atoms with E-state index in [-0.39, 0.29) is 18.2 Å². The van der Waals surface area contributed by atoms with Gasteiger partial charge < -0.3 is 10.1 Å². The summed E-state index contributed by atoms with van der Waals surface area (Å²) in [5.41, 5.74) is 3.32. The Bertz CT molecular complexity index is 1030. The van der Waals surface area contributed by atoms with Crippen molar-refractivity contribution in [1.29, 1.82) is 0 Å². The van der Waals surface area contributed by atoms with Crippen molar-refractivity contribution in [2.24, 2.45) is 0 Å². The van der Waals surface area contributed by atoms with E-state index in [4.69, 9.17) is 11.6 Å². The van der Waals surface area contributed by atoms with Crippen LogP contribution in [0.5, 0.6) is 0 Å². The van der Waals surface area contributed by atoms with Crippen LogP contribution in [0, 0.1) is 11.6 Å². The maximum atomic E-state index is 14.7. The fourth-order valence-corrected chi connectivity index (χ4v) is 4.00. The molecule has 1 aliphatic heterocycles. The molecule has 0 radical (unpaired) electrons. The summed E-state index contributed by atoms with van der Waals surface area (Å²) >= 11 is 6.13. The van der Waals surface area contributed by atoms with E-state index in [2.05, 4.69) is 15.5 Å². The highest BCUT2D eigenvalue weighted by molar-refractivity contribution is 6.30. The molecular weight excluding hydrogens is 400 g/mol. The van der Waals surface area contributed by atoms with E-state index >= 15 is 0 Å². The molecule has 3 aromatic rings. The maximum absolute atomic E-state index is 14.7. The number of hydrazine groups is 1. The molecule has 1 aromatic heterocycles. The highest BCUT2D eigenvalue weighted by Crippen LogP contribution is 2.40. The van der Waals surface area contributed by atoms with Gasteiger partial charge >= 0.3 is 0 Å². The van der Waals surface area contributed by atoms with Gasteiger partial charge in [0.05, 0.1) is 24.3 Å². The first-order chi connectivity index (χ1) is 13.8. The summed E-state index contributed by atoms with van der Waals surface area (Å²) in [6, 6.07) is 7.91. The Morgan fingerprint density at radius 3 is 2.76 bits per heavy atom. The summed E-state index contributed by atoms with van der Waals surface area (Å²) in [5.74, 6) is -1.54. The van der Waals surface area contributed by atoms with Gasteiger partial charge in [0.25, 0.3) is 0 Å². The van der Waals surface area contributed by atoms with E-state index in [9.17, 15) is 13.9 Å². The lowest BCUT2D eigenvalue weighted by Crippen LogP contribution is -2.55. The predicted octanol–water partition coefficient (Wildman–Crippen LogP) is 3.57. The van der Waals surface area contributed by atoms with Crippen LogP contribution >= 0.6 is 11.6 Å². The van der Waals surface area contributed by atoms with E-state index in [0.29, 0.717) is 5.02 Å². The first-order valence-electron chi connectivity index (χ1n) is 9.15. The minimum atomic E-state index is -1.75. The van der Waals surface area contributed by atoms with Gasteiger partial charge in [-0.3, -0.25) is 0 Å². The topological polar surface area (TPSA) is 66.2 Å². The zero-order valence-electron chi connectivity index (χ0n) is 15.9. The third-order valence-electron chi connectivity index (χ3n) is 5.39. The lowest BCUT2D eigenvalue weighted by atomic mass is 9.85. The number of fused-ring (bicyclic) bond motifs is 1. The average Bonchev–Trinajstić information content (AvgIpc) is 3.29. The molecule has 2 heterocycles. The lowest BCUT2D eigenvalue weighted by Gasteiger charge is -2.40. The van der Waals surface area contributed by atoms with E-state index in [1.165, 1.54) is 23.4 Å². The third kappa shape index (κ3) is 3.48. The molecule has 0 saturated heterocycles. The van der Waals surface area contributed by atoms with E-state index in [0.717, 1.165) is 23.4 Å². The maximum Gasteiger partial charge on any atom is 0.137 e. The van der Waals surface area contributed by atoms with Gasteiger partial charge in [0.15, 0.2) is 0 Å². The highest BCUT2D eigenvalue weighted by atomic mass is 35.5. The van der Waals surface area contributed by atoms with Crippen LogP contribution in [0.2, 0.25) is 5.02 Å². The Morgan fingerprint density at radius 1 is 1.28 bits per heavy atom. The number of nitrogens with zero attached hydrogens (tertiary/aromatic N) is 4. The van der Waals surface area contributed by atoms with Crippen molar-refractivity contribution in [3.8, 4) is 0 Å². The molecule has 0 saturated carbocycles. The van der Waals surface area contributed by atoms with Crippen molar-refractivity contribution in [3.63, 3.8) is 0 Å². The minimum absolute atomic E-state index is 0.0289. The number of anilines is 1. The summed E-state index contributed by atoms with van der Waals surface area (Å²) in [7, 11) is 0. The van der Waals surface area contributed by atoms with Crippen molar-refractivity contribution >= 4 is 17.3 Å². The van der Waals surface area contributed by atoms with E-state index in [1.54, 1.807) is 18.0 Å². The number of aromatic nitrogens is 3. The van der Waals surface area contributed by atoms with Gasteiger partial charge in [-0.1, -0.05) is 17.7 Å². The second-order valence-corrected chi connectivity index (χ2v) is 7.68. The molecule has 0 amide bonds. The molecule has 29 heavy (non-hydrogen) atoms. The summed E-state index contributed by atoms with van der Waals surface area (Å²) in [4.78, 5) is 3.89. The molecule has 2 aromatic carbocycles. The van der Waals surface area contributed by atoms with Gasteiger partial charge in [0, 0.05) is 16.7 Å². The second kappa shape index (κ2) is 7.37.